The number of nitrogens with zero attached hydrogens (tertiary/aromatic N) is 1. The lowest BCUT2D eigenvalue weighted by Crippen LogP contribution is -2.49. The maximum Gasteiger partial charge on any atom is 0.330 e. The lowest BCUT2D eigenvalue weighted by atomic mass is 10.0. The Morgan fingerprint density at radius 1 is 0.878 bits per heavy atom. The van der Waals surface area contributed by atoms with Crippen LogP contribution in [0.25, 0.3) is 0 Å². The minimum Gasteiger partial charge on any atom is -0.454 e. The van der Waals surface area contributed by atoms with Crippen LogP contribution in [0.1, 0.15) is 50.5 Å². The van der Waals surface area contributed by atoms with Crippen LogP contribution in [0, 0.1) is 5.92 Å². The molecule has 0 unspecified atom stereocenters. The fraction of sp³-hybridized carbons (Fsp3) is 0.179. The van der Waals surface area contributed by atoms with Gasteiger partial charge in [-0.05, 0) is 87.8 Å². The van der Waals surface area contributed by atoms with Crippen molar-refractivity contribution in [2.75, 3.05) is 11.9 Å². The molecule has 1 aliphatic heterocycles. The number of anilines is 1. The lowest BCUT2D eigenvalue weighted by Gasteiger charge is -2.27. The van der Waals surface area contributed by atoms with Crippen LogP contribution in [-0.2, 0) is 14.3 Å². The van der Waals surface area contributed by atoms with E-state index >= 15 is 0 Å². The third-order valence-corrected chi connectivity index (χ3v) is 11.2. The van der Waals surface area contributed by atoms with Gasteiger partial charge in [-0.1, -0.05) is 55.8 Å². The minimum absolute atomic E-state index is 0.0893. The van der Waals surface area contributed by atoms with Crippen LogP contribution in [0.15, 0.2) is 66.4 Å². The first kappa shape index (κ1) is 31.6. The number of ether oxygens (including phenoxy) is 1. The second-order valence-corrected chi connectivity index (χ2v) is 12.8. The second-order valence-electron chi connectivity index (χ2n) is 9.22. The summed E-state index contributed by atoms with van der Waals surface area (Å²) in [5.74, 6) is -3.94. The molecule has 8 nitrogen and oxygen atoms in total. The van der Waals surface area contributed by atoms with Gasteiger partial charge in [-0.2, -0.15) is 0 Å². The SMILES string of the molecule is CC(C)[C@H](C(=O)OCC(=O)Nc1ccc(Cl)cc1C(=O)c1ccccc1)N1C(=O)c2c(Br)c(Br)c(Br)c(Br)c2C1=O. The molecular formula is C28H19Br4ClN2O6. The maximum absolute atomic E-state index is 13.4. The molecule has 13 heteroatoms. The van der Waals surface area contributed by atoms with Gasteiger partial charge in [0.2, 0.25) is 0 Å². The molecular weight excluding hydrogens is 815 g/mol. The number of benzene rings is 3. The second kappa shape index (κ2) is 12.9. The van der Waals surface area contributed by atoms with Crippen molar-refractivity contribution in [3.63, 3.8) is 0 Å². The van der Waals surface area contributed by atoms with Crippen LogP contribution < -0.4 is 5.32 Å². The summed E-state index contributed by atoms with van der Waals surface area (Å²) >= 11 is 19.6. The van der Waals surface area contributed by atoms with Gasteiger partial charge in [0.05, 0.1) is 16.8 Å². The molecule has 1 heterocycles. The molecule has 0 bridgehead atoms. The fourth-order valence-electron chi connectivity index (χ4n) is 4.26. The largest absolute Gasteiger partial charge is 0.454 e. The maximum atomic E-state index is 13.4. The van der Waals surface area contributed by atoms with Crippen LogP contribution in [0.3, 0.4) is 0 Å². The summed E-state index contributed by atoms with van der Waals surface area (Å²) in [6.45, 7) is 2.58. The zero-order valence-electron chi connectivity index (χ0n) is 21.3. The summed E-state index contributed by atoms with van der Waals surface area (Å²) < 4.78 is 7.00. The highest BCUT2D eigenvalue weighted by Crippen LogP contribution is 2.46. The van der Waals surface area contributed by atoms with Gasteiger partial charge in [0, 0.05) is 34.0 Å². The predicted octanol–water partition coefficient (Wildman–Crippen LogP) is 7.42. The number of esters is 1. The van der Waals surface area contributed by atoms with Gasteiger partial charge in [-0.15, -0.1) is 0 Å². The predicted molar refractivity (Wildman–Crippen MR) is 167 cm³/mol. The molecule has 0 radical (unpaired) electrons. The highest BCUT2D eigenvalue weighted by atomic mass is 79.9. The number of ketones is 1. The molecule has 1 atom stereocenters. The quantitative estimate of drug-likeness (QED) is 0.0833. The highest BCUT2D eigenvalue weighted by Gasteiger charge is 2.48. The van der Waals surface area contributed by atoms with Crippen molar-refractivity contribution < 1.29 is 28.7 Å². The van der Waals surface area contributed by atoms with Crippen LogP contribution >= 0.6 is 75.3 Å². The Bertz CT molecular complexity index is 1570. The molecule has 0 aliphatic carbocycles. The molecule has 1 aliphatic rings. The Morgan fingerprint density at radius 2 is 1.44 bits per heavy atom. The molecule has 0 spiro atoms. The number of halogens is 5. The topological polar surface area (TPSA) is 110 Å². The van der Waals surface area contributed by atoms with Gasteiger partial charge < -0.3 is 10.1 Å². The van der Waals surface area contributed by atoms with E-state index in [2.05, 4.69) is 69.0 Å². The van der Waals surface area contributed by atoms with Crippen LogP contribution in [0.4, 0.5) is 5.69 Å². The monoisotopic (exact) mass is 830 g/mol. The number of rotatable bonds is 8. The minimum atomic E-state index is -1.31. The van der Waals surface area contributed by atoms with Gasteiger partial charge in [0.15, 0.2) is 12.4 Å². The Balaban J connectivity index is 1.52. The number of carbonyl (C=O) groups excluding carboxylic acids is 5. The van der Waals surface area contributed by atoms with Crippen LogP contribution in [-0.4, -0.2) is 47.0 Å². The molecule has 0 saturated heterocycles. The smallest absolute Gasteiger partial charge is 0.330 e. The van der Waals surface area contributed by atoms with Gasteiger partial charge in [-0.25, -0.2) is 4.79 Å². The zero-order valence-corrected chi connectivity index (χ0v) is 28.4. The van der Waals surface area contributed by atoms with Gasteiger partial charge in [0.25, 0.3) is 17.7 Å². The van der Waals surface area contributed by atoms with E-state index in [1.165, 1.54) is 18.2 Å². The normalized spacial score (nSPS) is 13.3. The molecule has 0 aromatic heterocycles. The van der Waals surface area contributed by atoms with Crippen LogP contribution in [0.5, 0.6) is 0 Å². The van der Waals surface area contributed by atoms with E-state index in [1.54, 1.807) is 44.2 Å². The van der Waals surface area contributed by atoms with Crippen molar-refractivity contribution in [1.82, 2.24) is 4.90 Å². The molecule has 4 rings (SSSR count). The van der Waals surface area contributed by atoms with Crippen molar-refractivity contribution in [1.29, 1.82) is 0 Å². The number of imide groups is 1. The van der Waals surface area contributed by atoms with E-state index in [9.17, 15) is 24.0 Å². The van der Waals surface area contributed by atoms with E-state index in [0.717, 1.165) is 4.90 Å². The van der Waals surface area contributed by atoms with Crippen LogP contribution in [0.2, 0.25) is 5.02 Å². The summed E-state index contributed by atoms with van der Waals surface area (Å²) in [7, 11) is 0. The number of hydrogen-bond donors (Lipinski definition) is 1. The zero-order chi connectivity index (χ0) is 30.2. The first-order valence-electron chi connectivity index (χ1n) is 11.9. The van der Waals surface area contributed by atoms with Crippen molar-refractivity contribution in [2.45, 2.75) is 19.9 Å². The van der Waals surface area contributed by atoms with E-state index in [4.69, 9.17) is 16.3 Å². The van der Waals surface area contributed by atoms with Crippen molar-refractivity contribution in [3.05, 3.63) is 93.7 Å². The van der Waals surface area contributed by atoms with E-state index < -0.39 is 42.3 Å². The fourth-order valence-corrected chi connectivity index (χ4v) is 6.89. The highest BCUT2D eigenvalue weighted by molar-refractivity contribution is 9.15. The Hall–Kier alpha value is -2.38. The molecule has 0 saturated carbocycles. The van der Waals surface area contributed by atoms with Crippen molar-refractivity contribution >= 4 is 110 Å². The van der Waals surface area contributed by atoms with Crippen molar-refractivity contribution in [2.24, 2.45) is 5.92 Å². The molecule has 1 N–H and O–H groups in total. The Morgan fingerprint density at radius 3 is 1.98 bits per heavy atom. The summed E-state index contributed by atoms with van der Waals surface area (Å²) in [6, 6.07) is 11.6. The molecule has 3 amide bonds. The third kappa shape index (κ3) is 6.22. The summed E-state index contributed by atoms with van der Waals surface area (Å²) in [5.41, 5.74) is 0.909. The average Bonchev–Trinajstić information content (AvgIpc) is 3.20. The first-order chi connectivity index (χ1) is 19.3. The summed E-state index contributed by atoms with van der Waals surface area (Å²) in [5, 5.41) is 2.87. The van der Waals surface area contributed by atoms with Crippen molar-refractivity contribution in [3.8, 4) is 0 Å². The Labute approximate surface area is 273 Å². The van der Waals surface area contributed by atoms with Gasteiger partial charge >= 0.3 is 5.97 Å². The third-order valence-electron chi connectivity index (χ3n) is 6.17. The number of amides is 3. The number of carbonyl (C=O) groups is 5. The summed E-state index contributed by atoms with van der Waals surface area (Å²) in [6.07, 6.45) is 0. The summed E-state index contributed by atoms with van der Waals surface area (Å²) in [4.78, 5) is 66.7. The van der Waals surface area contributed by atoms with E-state index in [0.29, 0.717) is 28.5 Å². The van der Waals surface area contributed by atoms with E-state index in [1.807, 2.05) is 0 Å². The average molecular weight is 835 g/mol. The molecule has 41 heavy (non-hydrogen) atoms. The standard InChI is InChI=1S/C28H19Br4ClN2O6/c1-12(2)24(35-26(38)18-19(27(35)39)21(30)23(32)22(31)20(18)29)28(40)41-11-17(36)34-16-9-8-14(33)10-15(16)25(37)13-6-4-3-5-7-13/h3-10,12,24H,11H2,1-2H3,(H,34,36)/t24-/m1/s1. The van der Waals surface area contributed by atoms with Gasteiger partial charge in [-0.3, -0.25) is 24.1 Å². The number of fused-ring (bicyclic) bond motifs is 1. The number of hydrogen-bond acceptors (Lipinski definition) is 6. The molecule has 0 fully saturated rings. The molecule has 3 aromatic rings. The Kier molecular flexibility index (Phi) is 9.90. The molecule has 3 aromatic carbocycles. The number of nitrogens with one attached hydrogen (secondary N) is 1. The van der Waals surface area contributed by atoms with E-state index in [-0.39, 0.29) is 28.2 Å². The lowest BCUT2D eigenvalue weighted by molar-refractivity contribution is -0.152. The molecule has 212 valence electrons. The first-order valence-corrected chi connectivity index (χ1v) is 15.5. The van der Waals surface area contributed by atoms with Gasteiger partial charge in [0.1, 0.15) is 6.04 Å².